The van der Waals surface area contributed by atoms with Gasteiger partial charge in [0.15, 0.2) is 11.6 Å². The second-order valence-electron chi connectivity index (χ2n) is 5.02. The molecule has 0 aliphatic heterocycles. The molecule has 0 unspecified atom stereocenters. The smallest absolute Gasteiger partial charge is 0.262 e. The molecule has 0 bridgehead atoms. The second kappa shape index (κ2) is 5.92. The molecule has 0 aliphatic rings. The summed E-state index contributed by atoms with van der Waals surface area (Å²) in [5.74, 6) is -0.816. The quantitative estimate of drug-likeness (QED) is 0.780. The lowest BCUT2D eigenvalue weighted by Gasteiger charge is -2.11. The number of anilines is 2. The fourth-order valence-electron chi connectivity index (χ4n) is 2.16. The largest absolute Gasteiger partial charge is 0.505 e. The highest BCUT2D eigenvalue weighted by atomic mass is 19.1. The van der Waals surface area contributed by atoms with Crippen LogP contribution in [-0.2, 0) is 0 Å². The molecule has 0 atom stereocenters. The molecule has 5 nitrogen and oxygen atoms in total. The zero-order valence-corrected chi connectivity index (χ0v) is 12.3. The number of nitrogens with one attached hydrogen (secondary N) is 1. The Balaban J connectivity index is 2.00. The van der Waals surface area contributed by atoms with Crippen molar-refractivity contribution >= 4 is 11.5 Å². The number of halogens is 1. The molecule has 3 rings (SSSR count). The number of rotatable bonds is 3. The van der Waals surface area contributed by atoms with Crippen molar-refractivity contribution in [3.05, 3.63) is 76.6 Å². The third kappa shape index (κ3) is 2.91. The van der Waals surface area contributed by atoms with E-state index in [0.29, 0.717) is 17.1 Å². The first kappa shape index (κ1) is 14.8. The standard InChI is InChI=1S/C17H14FN3O2/c1-11-16(20-12-5-3-2-4-6-12)19-10-21(17(11)23)13-7-8-15(22)14(18)9-13/h2-10,20,22H,1H3. The van der Waals surface area contributed by atoms with Gasteiger partial charge in [0.25, 0.3) is 5.56 Å². The minimum Gasteiger partial charge on any atom is -0.505 e. The monoisotopic (exact) mass is 311 g/mol. The number of phenols is 1. The van der Waals surface area contributed by atoms with Crippen LogP contribution in [0.2, 0.25) is 0 Å². The average Bonchev–Trinajstić information content (AvgIpc) is 2.56. The Bertz CT molecular complexity index is 907. The fraction of sp³-hybridized carbons (Fsp3) is 0.0588. The second-order valence-corrected chi connectivity index (χ2v) is 5.02. The highest BCUT2D eigenvalue weighted by molar-refractivity contribution is 5.58. The first-order valence-electron chi connectivity index (χ1n) is 6.95. The number of hydrogen-bond donors (Lipinski definition) is 2. The van der Waals surface area contributed by atoms with Gasteiger partial charge in [0.1, 0.15) is 12.1 Å². The van der Waals surface area contributed by atoms with Crippen molar-refractivity contribution in [2.24, 2.45) is 0 Å². The Morgan fingerprint density at radius 3 is 2.61 bits per heavy atom. The maximum absolute atomic E-state index is 13.5. The van der Waals surface area contributed by atoms with Crippen molar-refractivity contribution in [3.63, 3.8) is 0 Å². The lowest BCUT2D eigenvalue weighted by atomic mass is 10.2. The van der Waals surface area contributed by atoms with Gasteiger partial charge in [-0.1, -0.05) is 18.2 Å². The molecule has 1 heterocycles. The van der Waals surface area contributed by atoms with Gasteiger partial charge < -0.3 is 10.4 Å². The molecule has 0 radical (unpaired) electrons. The normalized spacial score (nSPS) is 10.5. The Kier molecular flexibility index (Phi) is 3.80. The van der Waals surface area contributed by atoms with Crippen molar-refractivity contribution < 1.29 is 9.50 Å². The molecule has 0 spiro atoms. The molecule has 23 heavy (non-hydrogen) atoms. The van der Waals surface area contributed by atoms with Crippen LogP contribution in [0.25, 0.3) is 5.69 Å². The Morgan fingerprint density at radius 2 is 1.91 bits per heavy atom. The third-order valence-corrected chi connectivity index (χ3v) is 3.44. The van der Waals surface area contributed by atoms with E-state index in [0.717, 1.165) is 11.8 Å². The summed E-state index contributed by atoms with van der Waals surface area (Å²) in [6.07, 6.45) is 1.33. The molecule has 3 aromatic rings. The number of aromatic hydroxyl groups is 1. The van der Waals surface area contributed by atoms with Crippen molar-refractivity contribution in [3.8, 4) is 11.4 Å². The fourth-order valence-corrected chi connectivity index (χ4v) is 2.16. The van der Waals surface area contributed by atoms with Crippen LogP contribution in [0.3, 0.4) is 0 Å². The van der Waals surface area contributed by atoms with Gasteiger partial charge in [-0.3, -0.25) is 9.36 Å². The summed E-state index contributed by atoms with van der Waals surface area (Å²) < 4.78 is 14.7. The van der Waals surface area contributed by atoms with Crippen LogP contribution in [0.15, 0.2) is 59.7 Å². The van der Waals surface area contributed by atoms with Crippen LogP contribution < -0.4 is 10.9 Å². The topological polar surface area (TPSA) is 67.2 Å². The van der Waals surface area contributed by atoms with E-state index < -0.39 is 11.6 Å². The molecular weight excluding hydrogens is 297 g/mol. The minimum atomic E-state index is -0.793. The third-order valence-electron chi connectivity index (χ3n) is 3.44. The van der Waals surface area contributed by atoms with E-state index in [1.807, 2.05) is 30.3 Å². The van der Waals surface area contributed by atoms with E-state index in [9.17, 15) is 14.3 Å². The lowest BCUT2D eigenvalue weighted by Crippen LogP contribution is -2.22. The van der Waals surface area contributed by atoms with Gasteiger partial charge in [-0.05, 0) is 31.2 Å². The molecule has 0 amide bonds. The highest BCUT2D eigenvalue weighted by Crippen LogP contribution is 2.19. The molecule has 0 aliphatic carbocycles. The van der Waals surface area contributed by atoms with Crippen LogP contribution in [-0.4, -0.2) is 14.7 Å². The van der Waals surface area contributed by atoms with E-state index in [-0.39, 0.29) is 5.56 Å². The van der Waals surface area contributed by atoms with E-state index in [2.05, 4.69) is 10.3 Å². The number of hydrogen-bond acceptors (Lipinski definition) is 4. The number of aromatic nitrogens is 2. The molecule has 0 saturated heterocycles. The number of phenolic OH excluding ortho intramolecular Hbond substituents is 1. The molecular formula is C17H14FN3O2. The van der Waals surface area contributed by atoms with Crippen molar-refractivity contribution in [1.29, 1.82) is 0 Å². The number of benzene rings is 2. The van der Waals surface area contributed by atoms with Crippen LogP contribution >= 0.6 is 0 Å². The van der Waals surface area contributed by atoms with Gasteiger partial charge in [0, 0.05) is 11.8 Å². The molecule has 1 aromatic heterocycles. The summed E-state index contributed by atoms with van der Waals surface area (Å²) >= 11 is 0. The van der Waals surface area contributed by atoms with E-state index >= 15 is 0 Å². The van der Waals surface area contributed by atoms with Gasteiger partial charge in [-0.25, -0.2) is 9.37 Å². The van der Waals surface area contributed by atoms with Crippen molar-refractivity contribution in [1.82, 2.24) is 9.55 Å². The molecule has 116 valence electrons. The average molecular weight is 311 g/mol. The molecule has 0 fully saturated rings. The summed E-state index contributed by atoms with van der Waals surface area (Å²) in [5, 5.41) is 12.3. The zero-order valence-electron chi connectivity index (χ0n) is 12.3. The maximum Gasteiger partial charge on any atom is 0.262 e. The SMILES string of the molecule is Cc1c(Nc2ccccc2)ncn(-c2ccc(O)c(F)c2)c1=O. The summed E-state index contributed by atoms with van der Waals surface area (Å²) in [7, 11) is 0. The van der Waals surface area contributed by atoms with E-state index in [1.54, 1.807) is 6.92 Å². The lowest BCUT2D eigenvalue weighted by molar-refractivity contribution is 0.432. The molecule has 0 saturated carbocycles. The minimum absolute atomic E-state index is 0.298. The first-order chi connectivity index (χ1) is 11.1. The van der Waals surface area contributed by atoms with Gasteiger partial charge in [0.2, 0.25) is 0 Å². The molecule has 6 heteroatoms. The summed E-state index contributed by atoms with van der Waals surface area (Å²) in [6, 6.07) is 13.1. The number of para-hydroxylation sites is 1. The van der Waals surface area contributed by atoms with Gasteiger partial charge in [-0.15, -0.1) is 0 Å². The van der Waals surface area contributed by atoms with E-state index in [1.165, 1.54) is 23.0 Å². The Morgan fingerprint density at radius 1 is 1.17 bits per heavy atom. The summed E-state index contributed by atoms with van der Waals surface area (Å²) in [5.41, 5.74) is 1.21. The summed E-state index contributed by atoms with van der Waals surface area (Å²) in [4.78, 5) is 16.7. The van der Waals surface area contributed by atoms with Gasteiger partial charge in [0.05, 0.1) is 11.3 Å². The first-order valence-corrected chi connectivity index (χ1v) is 6.95. The Hall–Kier alpha value is -3.15. The highest BCUT2D eigenvalue weighted by Gasteiger charge is 2.10. The predicted molar refractivity (Wildman–Crippen MR) is 85.9 cm³/mol. The van der Waals surface area contributed by atoms with Gasteiger partial charge >= 0.3 is 0 Å². The molecule has 2 N–H and O–H groups in total. The van der Waals surface area contributed by atoms with Crippen LogP contribution in [0.5, 0.6) is 5.75 Å². The van der Waals surface area contributed by atoms with E-state index in [4.69, 9.17) is 0 Å². The zero-order chi connectivity index (χ0) is 16.4. The number of nitrogens with zero attached hydrogens (tertiary/aromatic N) is 2. The van der Waals surface area contributed by atoms with Crippen LogP contribution in [0.4, 0.5) is 15.9 Å². The molecule has 2 aromatic carbocycles. The maximum atomic E-state index is 13.5. The van der Waals surface area contributed by atoms with Crippen molar-refractivity contribution in [2.75, 3.05) is 5.32 Å². The van der Waals surface area contributed by atoms with Crippen LogP contribution in [0.1, 0.15) is 5.56 Å². The van der Waals surface area contributed by atoms with Gasteiger partial charge in [-0.2, -0.15) is 0 Å². The van der Waals surface area contributed by atoms with Crippen molar-refractivity contribution in [2.45, 2.75) is 6.92 Å². The van der Waals surface area contributed by atoms with Crippen LogP contribution in [0, 0.1) is 12.7 Å². The Labute approximate surface area is 131 Å². The predicted octanol–water partition coefficient (Wildman–Crippen LogP) is 3.13. The summed E-state index contributed by atoms with van der Waals surface area (Å²) in [6.45, 7) is 1.65.